The lowest BCUT2D eigenvalue weighted by atomic mass is 9.94. The fourth-order valence-electron chi connectivity index (χ4n) is 3.07. The third kappa shape index (κ3) is 2.63. The van der Waals surface area contributed by atoms with E-state index in [0.29, 0.717) is 5.56 Å². The molecule has 8 nitrogen and oxygen atoms in total. The highest BCUT2D eigenvalue weighted by Gasteiger charge is 2.56. The molecular formula is C17H9ClFN3O5. The van der Waals surface area contributed by atoms with Crippen LogP contribution in [-0.4, -0.2) is 28.6 Å². The minimum Gasteiger partial charge on any atom is -0.381 e. The number of oxime groups is 1. The van der Waals surface area contributed by atoms with Gasteiger partial charge in [0.1, 0.15) is 22.5 Å². The van der Waals surface area contributed by atoms with E-state index in [9.17, 15) is 24.1 Å². The maximum absolute atomic E-state index is 13.1. The molecule has 2 atom stereocenters. The first-order chi connectivity index (χ1) is 12.9. The van der Waals surface area contributed by atoms with Gasteiger partial charge in [0.05, 0.1) is 10.6 Å². The van der Waals surface area contributed by atoms with Gasteiger partial charge in [-0.25, -0.2) is 9.29 Å². The molecule has 0 aromatic heterocycles. The smallest absolute Gasteiger partial charge is 0.289 e. The Morgan fingerprint density at radius 2 is 1.85 bits per heavy atom. The molecule has 0 bridgehead atoms. The topological polar surface area (TPSA) is 102 Å². The number of carbonyl (C=O) groups is 2. The Bertz CT molecular complexity index is 1020. The summed E-state index contributed by atoms with van der Waals surface area (Å²) in [6.45, 7) is 0. The van der Waals surface area contributed by atoms with Gasteiger partial charge in [-0.2, -0.15) is 0 Å². The van der Waals surface area contributed by atoms with Crippen molar-refractivity contribution in [1.82, 2.24) is 0 Å². The molecule has 2 aliphatic rings. The van der Waals surface area contributed by atoms with Gasteiger partial charge in [0, 0.05) is 11.6 Å². The van der Waals surface area contributed by atoms with Gasteiger partial charge in [-0.1, -0.05) is 28.9 Å². The molecule has 136 valence electrons. The number of fused-ring (bicyclic) bond motifs is 1. The normalized spacial score (nSPS) is 21.1. The number of nitro groups is 1. The summed E-state index contributed by atoms with van der Waals surface area (Å²) in [7, 11) is 0. The van der Waals surface area contributed by atoms with Gasteiger partial charge in [-0.05, 0) is 24.3 Å². The molecule has 2 aliphatic heterocycles. The van der Waals surface area contributed by atoms with E-state index in [-0.39, 0.29) is 16.4 Å². The van der Waals surface area contributed by atoms with Gasteiger partial charge in [-0.3, -0.25) is 19.7 Å². The van der Waals surface area contributed by atoms with Crippen LogP contribution in [0.25, 0.3) is 0 Å². The third-order valence-electron chi connectivity index (χ3n) is 4.34. The average molecular weight is 390 g/mol. The summed E-state index contributed by atoms with van der Waals surface area (Å²) in [5.74, 6) is -2.80. The molecule has 4 rings (SSSR count). The molecule has 0 spiro atoms. The molecule has 10 heteroatoms. The molecule has 1 fully saturated rings. The Labute approximate surface area is 155 Å². The molecule has 1 saturated heterocycles. The second kappa shape index (κ2) is 6.13. The van der Waals surface area contributed by atoms with Crippen molar-refractivity contribution in [2.45, 2.75) is 6.10 Å². The molecule has 0 radical (unpaired) electrons. The molecule has 0 unspecified atom stereocenters. The number of hydrogen-bond acceptors (Lipinski definition) is 6. The van der Waals surface area contributed by atoms with Crippen LogP contribution in [0.4, 0.5) is 15.8 Å². The zero-order valence-corrected chi connectivity index (χ0v) is 14.1. The van der Waals surface area contributed by atoms with E-state index in [4.69, 9.17) is 16.4 Å². The van der Waals surface area contributed by atoms with Crippen LogP contribution in [0.5, 0.6) is 0 Å². The van der Waals surface area contributed by atoms with Crippen molar-refractivity contribution in [3.8, 4) is 0 Å². The van der Waals surface area contributed by atoms with E-state index in [1.165, 1.54) is 36.4 Å². The van der Waals surface area contributed by atoms with Gasteiger partial charge in [-0.15, -0.1) is 0 Å². The predicted molar refractivity (Wildman–Crippen MR) is 91.9 cm³/mol. The fraction of sp³-hybridized carbons (Fsp3) is 0.118. The second-order valence-electron chi connectivity index (χ2n) is 5.89. The molecule has 0 N–H and O–H groups in total. The van der Waals surface area contributed by atoms with Crippen molar-refractivity contribution in [3.05, 3.63) is 69.0 Å². The summed E-state index contributed by atoms with van der Waals surface area (Å²) >= 11 is 5.78. The molecular weight excluding hydrogens is 381 g/mol. The second-order valence-corrected chi connectivity index (χ2v) is 6.30. The number of anilines is 1. The van der Waals surface area contributed by atoms with Crippen LogP contribution in [0.1, 0.15) is 5.56 Å². The first kappa shape index (κ1) is 17.1. The highest BCUT2D eigenvalue weighted by atomic mass is 35.5. The Kier molecular flexibility index (Phi) is 3.88. The summed E-state index contributed by atoms with van der Waals surface area (Å²) < 4.78 is 13.1. The monoisotopic (exact) mass is 389 g/mol. The van der Waals surface area contributed by atoms with E-state index >= 15 is 0 Å². The SMILES string of the molecule is O=C1[C@@H]2C(c3ccc(F)cc3)=NO[C@@H]2C(=O)N1c1ccc(Cl)c([N+](=O)[O-])c1. The summed E-state index contributed by atoms with van der Waals surface area (Å²) in [6, 6.07) is 8.87. The maximum atomic E-state index is 13.1. The molecule has 0 saturated carbocycles. The summed E-state index contributed by atoms with van der Waals surface area (Å²) in [4.78, 5) is 41.8. The number of hydrogen-bond donors (Lipinski definition) is 0. The van der Waals surface area contributed by atoms with E-state index < -0.39 is 40.3 Å². The molecule has 0 aliphatic carbocycles. The average Bonchev–Trinajstić information content (AvgIpc) is 3.17. The van der Waals surface area contributed by atoms with Gasteiger partial charge >= 0.3 is 0 Å². The van der Waals surface area contributed by atoms with Crippen LogP contribution >= 0.6 is 11.6 Å². The van der Waals surface area contributed by atoms with Gasteiger partial charge in [0.15, 0.2) is 0 Å². The van der Waals surface area contributed by atoms with Gasteiger partial charge in [0.2, 0.25) is 12.0 Å². The van der Waals surface area contributed by atoms with E-state index in [2.05, 4.69) is 5.16 Å². The first-order valence-electron chi connectivity index (χ1n) is 7.70. The van der Waals surface area contributed by atoms with Gasteiger partial charge in [0.25, 0.3) is 11.6 Å². The molecule has 27 heavy (non-hydrogen) atoms. The molecule has 2 amide bonds. The zero-order chi connectivity index (χ0) is 19.3. The number of rotatable bonds is 3. The molecule has 2 aromatic carbocycles. The highest BCUT2D eigenvalue weighted by molar-refractivity contribution is 6.34. The lowest BCUT2D eigenvalue weighted by molar-refractivity contribution is -0.384. The predicted octanol–water partition coefficient (Wildman–Crippen LogP) is 2.68. The largest absolute Gasteiger partial charge is 0.381 e. The Balaban J connectivity index is 1.71. The fourth-order valence-corrected chi connectivity index (χ4v) is 3.26. The van der Waals surface area contributed by atoms with Crippen molar-refractivity contribution >= 4 is 40.5 Å². The van der Waals surface area contributed by atoms with Crippen molar-refractivity contribution in [1.29, 1.82) is 0 Å². The van der Waals surface area contributed by atoms with E-state index in [1.54, 1.807) is 0 Å². The van der Waals surface area contributed by atoms with Crippen LogP contribution in [0.2, 0.25) is 5.02 Å². The summed E-state index contributed by atoms with van der Waals surface area (Å²) in [6.07, 6.45) is -1.17. The van der Waals surface area contributed by atoms with Crippen LogP contribution < -0.4 is 4.90 Å². The van der Waals surface area contributed by atoms with Crippen LogP contribution in [0.3, 0.4) is 0 Å². The van der Waals surface area contributed by atoms with Crippen LogP contribution in [-0.2, 0) is 14.4 Å². The van der Waals surface area contributed by atoms with Crippen molar-refractivity contribution in [3.63, 3.8) is 0 Å². The number of imide groups is 1. The Hall–Kier alpha value is -3.33. The van der Waals surface area contributed by atoms with Crippen molar-refractivity contribution in [2.24, 2.45) is 11.1 Å². The number of benzene rings is 2. The standard InChI is InChI=1S/C17H9ClFN3O5/c18-11-6-5-10(7-12(11)22(25)26)21-16(23)13-14(20-27-15(13)17(21)24)8-1-3-9(19)4-2-8/h1-7,13,15H/t13-,15+/m1/s1. The molecule has 2 aromatic rings. The number of amides is 2. The Morgan fingerprint density at radius 3 is 2.52 bits per heavy atom. The third-order valence-corrected chi connectivity index (χ3v) is 4.66. The van der Waals surface area contributed by atoms with Gasteiger partial charge < -0.3 is 4.84 Å². The lowest BCUT2D eigenvalue weighted by Gasteiger charge is -2.15. The summed E-state index contributed by atoms with van der Waals surface area (Å²) in [5, 5.41) is 14.8. The number of nitro benzene ring substituents is 1. The molecule has 2 heterocycles. The minimum absolute atomic E-state index is 0.0116. The van der Waals surface area contributed by atoms with E-state index in [0.717, 1.165) is 11.0 Å². The number of carbonyl (C=O) groups excluding carboxylic acids is 2. The zero-order valence-electron chi connectivity index (χ0n) is 13.3. The Morgan fingerprint density at radius 1 is 1.15 bits per heavy atom. The van der Waals surface area contributed by atoms with Crippen molar-refractivity contribution in [2.75, 3.05) is 4.90 Å². The van der Waals surface area contributed by atoms with E-state index in [1.807, 2.05) is 0 Å². The number of halogens is 2. The quantitative estimate of drug-likeness (QED) is 0.456. The lowest BCUT2D eigenvalue weighted by Crippen LogP contribution is -2.33. The first-order valence-corrected chi connectivity index (χ1v) is 8.07. The minimum atomic E-state index is -1.17. The van der Waals surface area contributed by atoms with Crippen LogP contribution in [0, 0.1) is 21.8 Å². The number of nitrogens with zero attached hydrogens (tertiary/aromatic N) is 3. The highest BCUT2D eigenvalue weighted by Crippen LogP contribution is 2.37. The summed E-state index contributed by atoms with van der Waals surface area (Å²) in [5.41, 5.74) is 0.219. The van der Waals surface area contributed by atoms with Crippen molar-refractivity contribution < 1.29 is 23.7 Å². The maximum Gasteiger partial charge on any atom is 0.289 e. The van der Waals surface area contributed by atoms with Crippen LogP contribution in [0.15, 0.2) is 47.6 Å².